The number of amides is 1. The lowest BCUT2D eigenvalue weighted by molar-refractivity contribution is -0.138. The molecule has 0 saturated carbocycles. The largest absolute Gasteiger partial charge is 0.376 e. The minimum atomic E-state index is -0.145. The zero-order chi connectivity index (χ0) is 17.6. The van der Waals surface area contributed by atoms with Crippen molar-refractivity contribution < 1.29 is 14.3 Å². The number of aromatic amines is 1. The summed E-state index contributed by atoms with van der Waals surface area (Å²) in [5.41, 5.74) is -0.145. The first-order valence-corrected chi connectivity index (χ1v) is 9.28. The maximum Gasteiger partial charge on any atom is 0.343 e. The van der Waals surface area contributed by atoms with E-state index in [1.807, 2.05) is 11.8 Å². The molecule has 1 amide bonds. The molecule has 0 unspecified atom stereocenters. The Morgan fingerprint density at radius 3 is 2.84 bits per heavy atom. The van der Waals surface area contributed by atoms with Crippen molar-refractivity contribution in [1.29, 1.82) is 0 Å². The third-order valence-electron chi connectivity index (χ3n) is 5.15. The molecule has 1 atom stereocenters. The number of ether oxygens (including phenoxy) is 2. The second-order valence-corrected chi connectivity index (χ2v) is 6.87. The van der Waals surface area contributed by atoms with Gasteiger partial charge >= 0.3 is 5.69 Å². The predicted molar refractivity (Wildman–Crippen MR) is 91.3 cm³/mol. The fraction of sp³-hybridized carbons (Fsp3) is 0.824. The molecule has 3 rings (SSSR count). The second kappa shape index (κ2) is 8.62. The van der Waals surface area contributed by atoms with Crippen LogP contribution in [0.1, 0.15) is 38.4 Å². The van der Waals surface area contributed by atoms with Crippen LogP contribution in [0.4, 0.5) is 0 Å². The Kier molecular flexibility index (Phi) is 6.25. The Morgan fingerprint density at radius 2 is 2.16 bits per heavy atom. The van der Waals surface area contributed by atoms with Crippen molar-refractivity contribution in [3.8, 4) is 0 Å². The molecule has 0 radical (unpaired) electrons. The number of aromatic nitrogens is 3. The Bertz CT molecular complexity index is 612. The summed E-state index contributed by atoms with van der Waals surface area (Å²) in [6.07, 6.45) is 4.91. The molecule has 0 aromatic carbocycles. The van der Waals surface area contributed by atoms with E-state index in [1.54, 1.807) is 4.57 Å². The van der Waals surface area contributed by atoms with Crippen molar-refractivity contribution in [1.82, 2.24) is 19.7 Å². The van der Waals surface area contributed by atoms with Gasteiger partial charge in [-0.05, 0) is 38.5 Å². The van der Waals surface area contributed by atoms with Crippen LogP contribution >= 0.6 is 0 Å². The first-order chi connectivity index (χ1) is 12.2. The molecule has 1 aromatic rings. The number of nitrogens with one attached hydrogen (secondary N) is 1. The molecule has 3 heterocycles. The molecule has 25 heavy (non-hydrogen) atoms. The SMILES string of the molecule is CCn1c(CC2CCN(C(=O)COC[C@@H]3CCCO3)CC2)n[nH]c1=O. The van der Waals surface area contributed by atoms with E-state index in [2.05, 4.69) is 10.2 Å². The van der Waals surface area contributed by atoms with Gasteiger partial charge in [0.15, 0.2) is 0 Å². The summed E-state index contributed by atoms with van der Waals surface area (Å²) in [6, 6.07) is 0. The summed E-state index contributed by atoms with van der Waals surface area (Å²) in [4.78, 5) is 25.7. The highest BCUT2D eigenvalue weighted by Crippen LogP contribution is 2.21. The second-order valence-electron chi connectivity index (χ2n) is 6.87. The lowest BCUT2D eigenvalue weighted by atomic mass is 9.93. The normalized spacial score (nSPS) is 21.8. The molecule has 0 aliphatic carbocycles. The number of carbonyl (C=O) groups excluding carboxylic acids is 1. The van der Waals surface area contributed by atoms with E-state index < -0.39 is 0 Å². The van der Waals surface area contributed by atoms with Gasteiger partial charge in [0.25, 0.3) is 0 Å². The average Bonchev–Trinajstić information content (AvgIpc) is 3.25. The van der Waals surface area contributed by atoms with Crippen LogP contribution in [-0.4, -0.2) is 64.6 Å². The van der Waals surface area contributed by atoms with Crippen LogP contribution in [0.3, 0.4) is 0 Å². The number of likely N-dealkylation sites (tertiary alicyclic amines) is 1. The van der Waals surface area contributed by atoms with Gasteiger partial charge in [0, 0.05) is 32.7 Å². The fourth-order valence-electron chi connectivity index (χ4n) is 3.62. The average molecular weight is 352 g/mol. The standard InChI is InChI=1S/C17H28N4O4/c1-2-21-15(18-19-17(21)23)10-13-5-7-20(8-6-13)16(22)12-24-11-14-4-3-9-25-14/h13-14H,2-12H2,1H3,(H,19,23)/t14-/m0/s1. The quantitative estimate of drug-likeness (QED) is 0.775. The van der Waals surface area contributed by atoms with Gasteiger partial charge in [-0.15, -0.1) is 0 Å². The van der Waals surface area contributed by atoms with Gasteiger partial charge in [-0.25, -0.2) is 9.89 Å². The Balaban J connectivity index is 1.38. The van der Waals surface area contributed by atoms with E-state index in [-0.39, 0.29) is 24.3 Å². The number of hydrogen-bond acceptors (Lipinski definition) is 5. The number of carbonyl (C=O) groups is 1. The molecular formula is C17H28N4O4. The molecule has 0 spiro atoms. The highest BCUT2D eigenvalue weighted by Gasteiger charge is 2.25. The van der Waals surface area contributed by atoms with Gasteiger partial charge in [-0.3, -0.25) is 9.36 Å². The van der Waals surface area contributed by atoms with Gasteiger partial charge in [0.05, 0.1) is 12.7 Å². The molecule has 8 heteroatoms. The Morgan fingerprint density at radius 1 is 1.36 bits per heavy atom. The first-order valence-electron chi connectivity index (χ1n) is 9.28. The third kappa shape index (κ3) is 4.70. The smallest absolute Gasteiger partial charge is 0.343 e. The lowest BCUT2D eigenvalue weighted by Crippen LogP contribution is -2.41. The van der Waals surface area contributed by atoms with Crippen molar-refractivity contribution in [2.24, 2.45) is 5.92 Å². The molecule has 2 aliphatic rings. The van der Waals surface area contributed by atoms with E-state index >= 15 is 0 Å². The Hall–Kier alpha value is -1.67. The first kappa shape index (κ1) is 18.1. The number of hydrogen-bond donors (Lipinski definition) is 1. The van der Waals surface area contributed by atoms with Crippen LogP contribution in [0.5, 0.6) is 0 Å². The molecule has 140 valence electrons. The summed E-state index contributed by atoms with van der Waals surface area (Å²) in [5.74, 6) is 1.33. The van der Waals surface area contributed by atoms with Crippen LogP contribution < -0.4 is 5.69 Å². The van der Waals surface area contributed by atoms with E-state index in [0.717, 1.165) is 57.6 Å². The van der Waals surface area contributed by atoms with E-state index in [1.165, 1.54) is 0 Å². The van der Waals surface area contributed by atoms with Crippen molar-refractivity contribution in [2.75, 3.05) is 32.9 Å². The van der Waals surface area contributed by atoms with Crippen molar-refractivity contribution in [2.45, 2.75) is 51.7 Å². The van der Waals surface area contributed by atoms with Crippen molar-refractivity contribution >= 4 is 5.91 Å². The Labute approximate surface area is 147 Å². The summed E-state index contributed by atoms with van der Waals surface area (Å²) in [7, 11) is 0. The van der Waals surface area contributed by atoms with Gasteiger partial charge in [0.2, 0.25) is 5.91 Å². The number of H-pyrrole nitrogens is 1. The minimum Gasteiger partial charge on any atom is -0.376 e. The van der Waals surface area contributed by atoms with Gasteiger partial charge < -0.3 is 14.4 Å². The highest BCUT2D eigenvalue weighted by molar-refractivity contribution is 5.77. The number of nitrogens with zero attached hydrogens (tertiary/aromatic N) is 3. The molecule has 1 aromatic heterocycles. The molecule has 2 saturated heterocycles. The summed E-state index contributed by atoms with van der Waals surface area (Å²) < 4.78 is 12.7. The van der Waals surface area contributed by atoms with Crippen molar-refractivity contribution in [3.63, 3.8) is 0 Å². The number of rotatable bonds is 7. The fourth-order valence-corrected chi connectivity index (χ4v) is 3.62. The molecule has 0 bridgehead atoms. The van der Waals surface area contributed by atoms with E-state index in [0.29, 0.717) is 19.1 Å². The van der Waals surface area contributed by atoms with Crippen molar-refractivity contribution in [3.05, 3.63) is 16.3 Å². The minimum absolute atomic E-state index is 0.0571. The molecule has 1 N–H and O–H groups in total. The lowest BCUT2D eigenvalue weighted by Gasteiger charge is -2.31. The third-order valence-corrected chi connectivity index (χ3v) is 5.15. The van der Waals surface area contributed by atoms with E-state index in [4.69, 9.17) is 9.47 Å². The van der Waals surface area contributed by atoms with Crippen LogP contribution in [0.2, 0.25) is 0 Å². The monoisotopic (exact) mass is 352 g/mol. The van der Waals surface area contributed by atoms with Gasteiger partial charge in [-0.2, -0.15) is 5.10 Å². The summed E-state index contributed by atoms with van der Waals surface area (Å²) in [6.45, 7) is 5.51. The molecule has 2 fully saturated rings. The molecular weight excluding hydrogens is 324 g/mol. The summed E-state index contributed by atoms with van der Waals surface area (Å²) in [5, 5.41) is 6.64. The van der Waals surface area contributed by atoms with E-state index in [9.17, 15) is 9.59 Å². The maximum absolute atomic E-state index is 12.2. The van der Waals surface area contributed by atoms with Crippen LogP contribution in [0.25, 0.3) is 0 Å². The van der Waals surface area contributed by atoms with Gasteiger partial charge in [-0.1, -0.05) is 0 Å². The van der Waals surface area contributed by atoms with Crippen LogP contribution in [-0.2, 0) is 27.2 Å². The topological polar surface area (TPSA) is 89.4 Å². The zero-order valence-corrected chi connectivity index (χ0v) is 14.9. The molecule has 8 nitrogen and oxygen atoms in total. The number of piperidine rings is 1. The van der Waals surface area contributed by atoms with Gasteiger partial charge in [0.1, 0.15) is 12.4 Å². The van der Waals surface area contributed by atoms with Crippen LogP contribution in [0.15, 0.2) is 4.79 Å². The predicted octanol–water partition coefficient (Wildman–Crippen LogP) is 0.568. The molecule has 2 aliphatic heterocycles. The highest BCUT2D eigenvalue weighted by atomic mass is 16.5. The van der Waals surface area contributed by atoms with Crippen LogP contribution in [0, 0.1) is 5.92 Å². The zero-order valence-electron chi connectivity index (χ0n) is 14.9. The maximum atomic E-state index is 12.2. The summed E-state index contributed by atoms with van der Waals surface area (Å²) >= 11 is 0.